The Morgan fingerprint density at radius 3 is 2.67 bits per heavy atom. The predicted octanol–water partition coefficient (Wildman–Crippen LogP) is 3.92. The van der Waals surface area contributed by atoms with Gasteiger partial charge in [-0.05, 0) is 18.4 Å². The van der Waals surface area contributed by atoms with Gasteiger partial charge >= 0.3 is 0 Å². The van der Waals surface area contributed by atoms with Crippen LogP contribution >= 0.6 is 23.5 Å². The number of para-hydroxylation sites is 1. The molecule has 1 heterocycles. The highest BCUT2D eigenvalue weighted by Crippen LogP contribution is 2.25. The molecule has 2 aromatic carbocycles. The Hall–Kier alpha value is -2.25. The van der Waals surface area contributed by atoms with Gasteiger partial charge in [0.05, 0.1) is 11.4 Å². The van der Waals surface area contributed by atoms with Crippen LogP contribution in [-0.2, 0) is 4.79 Å². The summed E-state index contributed by atoms with van der Waals surface area (Å²) in [5, 5.41) is 10.5. The summed E-state index contributed by atoms with van der Waals surface area (Å²) in [7, 11) is 0. The molecule has 0 bridgehead atoms. The van der Waals surface area contributed by atoms with Crippen LogP contribution in [0.15, 0.2) is 64.6 Å². The first kappa shape index (κ1) is 16.6. The minimum Gasteiger partial charge on any atom is -0.324 e. The summed E-state index contributed by atoms with van der Waals surface area (Å²) in [6.07, 6.45) is 1.98. The smallest absolute Gasteiger partial charge is 0.234 e. The molecule has 0 spiro atoms. The lowest BCUT2D eigenvalue weighted by molar-refractivity contribution is -0.113. The van der Waals surface area contributed by atoms with E-state index in [9.17, 15) is 4.79 Å². The maximum absolute atomic E-state index is 12.1. The number of carbonyl (C=O) groups is 1. The van der Waals surface area contributed by atoms with Crippen molar-refractivity contribution in [2.24, 2.45) is 0 Å². The number of nitrogens with one attached hydrogen (secondary N) is 2. The van der Waals surface area contributed by atoms with Crippen LogP contribution in [0.2, 0.25) is 0 Å². The average Bonchev–Trinajstić information content (AvgIpc) is 3.10. The van der Waals surface area contributed by atoms with Crippen LogP contribution in [-0.4, -0.2) is 33.1 Å². The molecule has 122 valence electrons. The standard InChI is InChI=1S/C17H16N4OS2/c1-23-14-10-6-5-9-13(14)18-15(22)11-24-17-19-16(20-21-17)12-7-3-2-4-8-12/h2-10H,11H2,1H3,(H,18,22)(H,19,20,21). The predicted molar refractivity (Wildman–Crippen MR) is 99.4 cm³/mol. The number of benzene rings is 2. The molecule has 5 nitrogen and oxygen atoms in total. The van der Waals surface area contributed by atoms with Crippen LogP contribution in [0.25, 0.3) is 11.4 Å². The number of hydrogen-bond donors (Lipinski definition) is 2. The van der Waals surface area contributed by atoms with Gasteiger partial charge in [-0.3, -0.25) is 9.89 Å². The summed E-state index contributed by atoms with van der Waals surface area (Å²) < 4.78 is 0. The fourth-order valence-electron chi connectivity index (χ4n) is 2.10. The fourth-order valence-corrected chi connectivity index (χ4v) is 3.25. The van der Waals surface area contributed by atoms with E-state index in [-0.39, 0.29) is 11.7 Å². The van der Waals surface area contributed by atoms with Gasteiger partial charge in [0, 0.05) is 10.5 Å². The largest absolute Gasteiger partial charge is 0.324 e. The highest BCUT2D eigenvalue weighted by atomic mass is 32.2. The third-order valence-electron chi connectivity index (χ3n) is 3.23. The molecule has 7 heteroatoms. The van der Waals surface area contributed by atoms with Crippen molar-refractivity contribution < 1.29 is 4.79 Å². The Morgan fingerprint density at radius 1 is 1.12 bits per heavy atom. The van der Waals surface area contributed by atoms with Crippen LogP contribution in [0.5, 0.6) is 0 Å². The van der Waals surface area contributed by atoms with E-state index >= 15 is 0 Å². The molecule has 0 fully saturated rings. The number of aromatic nitrogens is 3. The molecule has 0 saturated heterocycles. The summed E-state index contributed by atoms with van der Waals surface area (Å²) in [4.78, 5) is 17.6. The molecule has 0 aliphatic rings. The normalized spacial score (nSPS) is 10.5. The molecule has 0 atom stereocenters. The number of amides is 1. The third-order valence-corrected chi connectivity index (χ3v) is 4.87. The Kier molecular flexibility index (Phi) is 5.55. The number of nitrogens with zero attached hydrogens (tertiary/aromatic N) is 2. The Morgan fingerprint density at radius 2 is 1.88 bits per heavy atom. The minimum absolute atomic E-state index is 0.0763. The molecule has 0 aliphatic heterocycles. The SMILES string of the molecule is CSc1ccccc1NC(=O)CSc1n[nH]c(-c2ccccc2)n1. The first-order valence-corrected chi connectivity index (χ1v) is 9.51. The number of thioether (sulfide) groups is 2. The van der Waals surface area contributed by atoms with Crippen LogP contribution in [0.1, 0.15) is 0 Å². The lowest BCUT2D eigenvalue weighted by Crippen LogP contribution is -2.14. The molecule has 1 amide bonds. The summed E-state index contributed by atoms with van der Waals surface area (Å²) in [5.74, 6) is 0.883. The van der Waals surface area contributed by atoms with E-state index < -0.39 is 0 Å². The number of hydrogen-bond acceptors (Lipinski definition) is 5. The monoisotopic (exact) mass is 356 g/mol. The summed E-state index contributed by atoms with van der Waals surface area (Å²) in [5.41, 5.74) is 1.80. The first-order chi connectivity index (χ1) is 11.8. The highest BCUT2D eigenvalue weighted by Gasteiger charge is 2.10. The van der Waals surface area contributed by atoms with Crippen molar-refractivity contribution in [3.05, 3.63) is 54.6 Å². The lowest BCUT2D eigenvalue weighted by Gasteiger charge is -2.08. The van der Waals surface area contributed by atoms with Gasteiger partial charge in [-0.25, -0.2) is 4.98 Å². The summed E-state index contributed by atoms with van der Waals surface area (Å²) in [6.45, 7) is 0. The van der Waals surface area contributed by atoms with Gasteiger partial charge in [-0.1, -0.05) is 54.2 Å². The van der Waals surface area contributed by atoms with Gasteiger partial charge in [-0.15, -0.1) is 16.9 Å². The number of anilines is 1. The topological polar surface area (TPSA) is 70.7 Å². The molecule has 3 aromatic rings. The molecule has 0 radical (unpaired) electrons. The van der Waals surface area contributed by atoms with E-state index in [1.165, 1.54) is 11.8 Å². The summed E-state index contributed by atoms with van der Waals surface area (Å²) >= 11 is 2.91. The molecule has 3 rings (SSSR count). The molecule has 1 aromatic heterocycles. The van der Waals surface area contributed by atoms with Crippen molar-refractivity contribution in [3.8, 4) is 11.4 Å². The van der Waals surface area contributed by atoms with Crippen molar-refractivity contribution in [1.82, 2.24) is 15.2 Å². The molecule has 2 N–H and O–H groups in total. The third kappa shape index (κ3) is 4.18. The number of aromatic amines is 1. The number of carbonyl (C=O) groups excluding carboxylic acids is 1. The maximum Gasteiger partial charge on any atom is 0.234 e. The molecule has 24 heavy (non-hydrogen) atoms. The second-order valence-electron chi connectivity index (χ2n) is 4.87. The number of H-pyrrole nitrogens is 1. The van der Waals surface area contributed by atoms with Crippen molar-refractivity contribution in [2.75, 3.05) is 17.3 Å². The number of rotatable bonds is 6. The summed E-state index contributed by atoms with van der Waals surface area (Å²) in [6, 6.07) is 17.5. The van der Waals surface area contributed by atoms with Crippen LogP contribution in [0.4, 0.5) is 5.69 Å². The quantitative estimate of drug-likeness (QED) is 0.655. The second kappa shape index (κ2) is 8.03. The Bertz CT molecular complexity index is 820. The van der Waals surface area contributed by atoms with Gasteiger partial charge in [0.1, 0.15) is 0 Å². The van der Waals surface area contributed by atoms with Gasteiger partial charge in [0.15, 0.2) is 5.82 Å². The molecule has 0 saturated carbocycles. The minimum atomic E-state index is -0.0763. The van der Waals surface area contributed by atoms with E-state index in [4.69, 9.17) is 0 Å². The zero-order valence-electron chi connectivity index (χ0n) is 13.0. The van der Waals surface area contributed by atoms with E-state index in [0.717, 1.165) is 16.1 Å². The van der Waals surface area contributed by atoms with Crippen molar-refractivity contribution in [3.63, 3.8) is 0 Å². The highest BCUT2D eigenvalue weighted by molar-refractivity contribution is 7.99. The van der Waals surface area contributed by atoms with E-state index in [0.29, 0.717) is 11.0 Å². The van der Waals surface area contributed by atoms with E-state index in [1.54, 1.807) is 11.8 Å². The van der Waals surface area contributed by atoms with Crippen molar-refractivity contribution >= 4 is 35.1 Å². The second-order valence-corrected chi connectivity index (χ2v) is 6.66. The average molecular weight is 356 g/mol. The van der Waals surface area contributed by atoms with Gasteiger partial charge in [-0.2, -0.15) is 0 Å². The van der Waals surface area contributed by atoms with E-state index in [2.05, 4.69) is 20.5 Å². The molecule has 0 aliphatic carbocycles. The zero-order valence-corrected chi connectivity index (χ0v) is 14.7. The van der Waals surface area contributed by atoms with Crippen molar-refractivity contribution in [2.45, 2.75) is 10.1 Å². The zero-order chi connectivity index (χ0) is 16.8. The Balaban J connectivity index is 1.58. The first-order valence-electron chi connectivity index (χ1n) is 7.30. The van der Waals surface area contributed by atoms with Crippen molar-refractivity contribution in [1.29, 1.82) is 0 Å². The lowest BCUT2D eigenvalue weighted by atomic mass is 10.2. The molecule has 0 unspecified atom stereocenters. The van der Waals surface area contributed by atoms with Gasteiger partial charge in [0.2, 0.25) is 11.1 Å². The maximum atomic E-state index is 12.1. The van der Waals surface area contributed by atoms with Gasteiger partial charge < -0.3 is 5.32 Å². The van der Waals surface area contributed by atoms with Crippen LogP contribution in [0.3, 0.4) is 0 Å². The van der Waals surface area contributed by atoms with Gasteiger partial charge in [0.25, 0.3) is 0 Å². The molecular weight excluding hydrogens is 340 g/mol. The fraction of sp³-hybridized carbons (Fsp3) is 0.118. The van der Waals surface area contributed by atoms with Crippen LogP contribution < -0.4 is 5.32 Å². The Labute approximate surface area is 148 Å². The van der Waals surface area contributed by atoms with Crippen LogP contribution in [0, 0.1) is 0 Å². The molecular formula is C17H16N4OS2. The van der Waals surface area contributed by atoms with E-state index in [1.807, 2.05) is 60.9 Å².